The van der Waals surface area contributed by atoms with E-state index in [0.717, 1.165) is 5.56 Å². The number of rotatable bonds is 5. The molecule has 2 rings (SSSR count). The summed E-state index contributed by atoms with van der Waals surface area (Å²) in [5.41, 5.74) is 1.04. The smallest absolute Gasteiger partial charge is 0.226 e. The summed E-state index contributed by atoms with van der Waals surface area (Å²) in [6, 6.07) is 8.70. The standard InChI is InChI=1S/C13H15N3O2/c1-2-18-12-7-8-14-13(16-12)15-9-10-3-5-11(17)6-4-10/h3-8,17H,2,9H2,1H3,(H,14,15,16). The van der Waals surface area contributed by atoms with Crippen molar-refractivity contribution in [1.29, 1.82) is 0 Å². The van der Waals surface area contributed by atoms with Crippen LogP contribution in [0.25, 0.3) is 0 Å². The summed E-state index contributed by atoms with van der Waals surface area (Å²) in [4.78, 5) is 8.30. The zero-order chi connectivity index (χ0) is 12.8. The number of aromatic hydroxyl groups is 1. The number of aromatic nitrogens is 2. The minimum absolute atomic E-state index is 0.258. The molecule has 94 valence electrons. The van der Waals surface area contributed by atoms with Crippen LogP contribution in [0.2, 0.25) is 0 Å². The van der Waals surface area contributed by atoms with Gasteiger partial charge in [0.1, 0.15) is 5.75 Å². The van der Waals surface area contributed by atoms with Gasteiger partial charge in [0.05, 0.1) is 6.61 Å². The summed E-state index contributed by atoms with van der Waals surface area (Å²) < 4.78 is 5.29. The molecule has 18 heavy (non-hydrogen) atoms. The Kier molecular flexibility index (Phi) is 3.96. The fraction of sp³-hybridized carbons (Fsp3) is 0.231. The SMILES string of the molecule is CCOc1ccnc(NCc2ccc(O)cc2)n1. The first-order valence-electron chi connectivity index (χ1n) is 5.75. The molecule has 0 radical (unpaired) electrons. The first-order chi connectivity index (χ1) is 8.78. The number of nitrogens with one attached hydrogen (secondary N) is 1. The predicted octanol–water partition coefficient (Wildman–Crippen LogP) is 2.19. The topological polar surface area (TPSA) is 67.3 Å². The second kappa shape index (κ2) is 5.86. The summed E-state index contributed by atoms with van der Waals surface area (Å²) in [5.74, 6) is 1.34. The third kappa shape index (κ3) is 3.35. The summed E-state index contributed by atoms with van der Waals surface area (Å²) in [6.45, 7) is 3.08. The van der Waals surface area contributed by atoms with Crippen molar-refractivity contribution in [1.82, 2.24) is 9.97 Å². The average Bonchev–Trinajstić information content (AvgIpc) is 2.39. The fourth-order valence-electron chi connectivity index (χ4n) is 1.45. The van der Waals surface area contributed by atoms with Crippen molar-refractivity contribution < 1.29 is 9.84 Å². The second-order valence-corrected chi connectivity index (χ2v) is 3.67. The van der Waals surface area contributed by atoms with Crippen LogP contribution in [0, 0.1) is 0 Å². The van der Waals surface area contributed by atoms with E-state index in [-0.39, 0.29) is 5.75 Å². The lowest BCUT2D eigenvalue weighted by Crippen LogP contribution is -2.04. The van der Waals surface area contributed by atoms with Crippen LogP contribution in [-0.2, 0) is 6.54 Å². The van der Waals surface area contributed by atoms with Gasteiger partial charge in [-0.25, -0.2) is 4.98 Å². The molecule has 0 amide bonds. The molecule has 0 saturated carbocycles. The van der Waals surface area contributed by atoms with Crippen LogP contribution in [0.3, 0.4) is 0 Å². The Morgan fingerprint density at radius 3 is 2.72 bits per heavy atom. The normalized spacial score (nSPS) is 10.1. The largest absolute Gasteiger partial charge is 0.508 e. The molecule has 0 unspecified atom stereocenters. The van der Waals surface area contributed by atoms with Gasteiger partial charge in [0.2, 0.25) is 11.8 Å². The maximum atomic E-state index is 9.18. The van der Waals surface area contributed by atoms with Crippen LogP contribution < -0.4 is 10.1 Å². The third-order valence-electron chi connectivity index (χ3n) is 2.31. The van der Waals surface area contributed by atoms with Gasteiger partial charge in [0.15, 0.2) is 0 Å². The maximum absolute atomic E-state index is 9.18. The molecule has 1 heterocycles. The molecule has 0 atom stereocenters. The molecule has 0 fully saturated rings. The van der Waals surface area contributed by atoms with E-state index in [1.54, 1.807) is 24.4 Å². The van der Waals surface area contributed by atoms with Crippen LogP contribution in [0.15, 0.2) is 36.5 Å². The van der Waals surface area contributed by atoms with Crippen molar-refractivity contribution in [2.45, 2.75) is 13.5 Å². The molecule has 0 spiro atoms. The summed E-state index contributed by atoms with van der Waals surface area (Å²) in [7, 11) is 0. The third-order valence-corrected chi connectivity index (χ3v) is 2.31. The Bertz CT molecular complexity index is 500. The molecular formula is C13H15N3O2. The van der Waals surface area contributed by atoms with Crippen LogP contribution in [-0.4, -0.2) is 21.7 Å². The van der Waals surface area contributed by atoms with Gasteiger partial charge < -0.3 is 15.2 Å². The van der Waals surface area contributed by atoms with Gasteiger partial charge in [-0.05, 0) is 24.6 Å². The minimum Gasteiger partial charge on any atom is -0.508 e. The quantitative estimate of drug-likeness (QED) is 0.845. The number of nitrogens with zero attached hydrogens (tertiary/aromatic N) is 2. The maximum Gasteiger partial charge on any atom is 0.226 e. The van der Waals surface area contributed by atoms with Crippen molar-refractivity contribution in [2.75, 3.05) is 11.9 Å². The molecule has 1 aromatic heterocycles. The molecule has 0 aliphatic heterocycles. The highest BCUT2D eigenvalue weighted by Crippen LogP contribution is 2.12. The Hall–Kier alpha value is -2.30. The van der Waals surface area contributed by atoms with Gasteiger partial charge in [-0.15, -0.1) is 0 Å². The number of phenols is 1. The highest BCUT2D eigenvalue weighted by Gasteiger charge is 1.99. The molecule has 0 aliphatic carbocycles. The number of hydrogen-bond donors (Lipinski definition) is 2. The number of anilines is 1. The lowest BCUT2D eigenvalue weighted by Gasteiger charge is -2.06. The Morgan fingerprint density at radius 1 is 1.22 bits per heavy atom. The van der Waals surface area contributed by atoms with E-state index in [9.17, 15) is 5.11 Å². The van der Waals surface area contributed by atoms with E-state index in [1.165, 1.54) is 0 Å². The van der Waals surface area contributed by atoms with Crippen molar-refractivity contribution >= 4 is 5.95 Å². The van der Waals surface area contributed by atoms with E-state index < -0.39 is 0 Å². The molecule has 0 aliphatic rings. The molecule has 1 aromatic carbocycles. The van der Waals surface area contributed by atoms with Crippen LogP contribution in [0.1, 0.15) is 12.5 Å². The first kappa shape index (κ1) is 12.2. The van der Waals surface area contributed by atoms with Crippen molar-refractivity contribution in [3.8, 4) is 11.6 Å². The number of phenolic OH excluding ortho intramolecular Hbond substituents is 1. The molecule has 5 nitrogen and oxygen atoms in total. The number of benzene rings is 1. The lowest BCUT2D eigenvalue weighted by atomic mass is 10.2. The highest BCUT2D eigenvalue weighted by molar-refractivity contribution is 5.32. The first-order valence-corrected chi connectivity index (χ1v) is 5.75. The molecular weight excluding hydrogens is 230 g/mol. The summed E-state index contributed by atoms with van der Waals surface area (Å²) in [5, 5.41) is 12.3. The van der Waals surface area contributed by atoms with E-state index in [2.05, 4.69) is 15.3 Å². The Morgan fingerprint density at radius 2 is 2.00 bits per heavy atom. The van der Waals surface area contributed by atoms with Crippen LogP contribution in [0.5, 0.6) is 11.6 Å². The molecule has 0 saturated heterocycles. The predicted molar refractivity (Wildman–Crippen MR) is 68.6 cm³/mol. The van der Waals surface area contributed by atoms with Crippen molar-refractivity contribution in [3.05, 3.63) is 42.1 Å². The van der Waals surface area contributed by atoms with Gasteiger partial charge in [0, 0.05) is 18.8 Å². The molecule has 2 N–H and O–H groups in total. The van der Waals surface area contributed by atoms with Gasteiger partial charge in [0.25, 0.3) is 0 Å². The van der Waals surface area contributed by atoms with E-state index in [1.807, 2.05) is 19.1 Å². The fourth-order valence-corrected chi connectivity index (χ4v) is 1.45. The van der Waals surface area contributed by atoms with E-state index in [0.29, 0.717) is 25.0 Å². The van der Waals surface area contributed by atoms with Crippen molar-refractivity contribution in [2.24, 2.45) is 0 Å². The Balaban J connectivity index is 1.97. The van der Waals surface area contributed by atoms with Gasteiger partial charge in [-0.1, -0.05) is 12.1 Å². The highest BCUT2D eigenvalue weighted by atomic mass is 16.5. The number of ether oxygens (including phenoxy) is 1. The molecule has 0 bridgehead atoms. The zero-order valence-corrected chi connectivity index (χ0v) is 10.1. The van der Waals surface area contributed by atoms with Crippen LogP contribution in [0.4, 0.5) is 5.95 Å². The molecule has 2 aromatic rings. The monoisotopic (exact) mass is 245 g/mol. The lowest BCUT2D eigenvalue weighted by molar-refractivity contribution is 0.326. The second-order valence-electron chi connectivity index (χ2n) is 3.67. The average molecular weight is 245 g/mol. The van der Waals surface area contributed by atoms with Gasteiger partial charge in [-0.2, -0.15) is 4.98 Å². The van der Waals surface area contributed by atoms with Crippen molar-refractivity contribution in [3.63, 3.8) is 0 Å². The molecule has 5 heteroatoms. The van der Waals surface area contributed by atoms with E-state index >= 15 is 0 Å². The van der Waals surface area contributed by atoms with E-state index in [4.69, 9.17) is 4.74 Å². The summed E-state index contributed by atoms with van der Waals surface area (Å²) in [6.07, 6.45) is 1.65. The minimum atomic E-state index is 0.258. The van der Waals surface area contributed by atoms with Crippen LogP contribution >= 0.6 is 0 Å². The number of hydrogen-bond acceptors (Lipinski definition) is 5. The van der Waals surface area contributed by atoms with Gasteiger partial charge >= 0.3 is 0 Å². The summed E-state index contributed by atoms with van der Waals surface area (Å²) >= 11 is 0. The van der Waals surface area contributed by atoms with Gasteiger partial charge in [-0.3, -0.25) is 0 Å². The zero-order valence-electron chi connectivity index (χ0n) is 10.1. The Labute approximate surface area is 105 Å².